The van der Waals surface area contributed by atoms with Crippen LogP contribution >= 0.6 is 22.9 Å². The highest BCUT2D eigenvalue weighted by atomic mass is 35.5. The Hall–Kier alpha value is -1.59. The second-order valence-electron chi connectivity index (χ2n) is 3.95. The van der Waals surface area contributed by atoms with E-state index in [1.54, 1.807) is 24.3 Å². The van der Waals surface area contributed by atoms with Gasteiger partial charge in [-0.25, -0.2) is 4.98 Å². The highest BCUT2D eigenvalue weighted by molar-refractivity contribution is 7.15. The van der Waals surface area contributed by atoms with Gasteiger partial charge in [0.15, 0.2) is 11.7 Å². The summed E-state index contributed by atoms with van der Waals surface area (Å²) in [7, 11) is 0. The first kappa shape index (κ1) is 13.8. The molecule has 4 nitrogen and oxygen atoms in total. The predicted molar refractivity (Wildman–Crippen MR) is 77.2 cm³/mol. The molecule has 1 N–H and O–H groups in total. The lowest BCUT2D eigenvalue weighted by Crippen LogP contribution is -2.20. The molecule has 100 valence electrons. The molecule has 6 heteroatoms. The predicted octanol–water partition coefficient (Wildman–Crippen LogP) is 3.43. The van der Waals surface area contributed by atoms with Crippen molar-refractivity contribution < 1.29 is 9.53 Å². The van der Waals surface area contributed by atoms with E-state index in [-0.39, 0.29) is 12.5 Å². The van der Waals surface area contributed by atoms with Crippen molar-refractivity contribution >= 4 is 34.0 Å². The maximum absolute atomic E-state index is 11.7. The van der Waals surface area contributed by atoms with Gasteiger partial charge in [-0.3, -0.25) is 10.1 Å². The van der Waals surface area contributed by atoms with Crippen LogP contribution < -0.4 is 10.1 Å². The third kappa shape index (κ3) is 3.94. The monoisotopic (exact) mass is 296 g/mol. The molecule has 0 unspecified atom stereocenters. The van der Waals surface area contributed by atoms with Crippen LogP contribution in [-0.4, -0.2) is 17.5 Å². The molecule has 0 aliphatic heterocycles. The Balaban J connectivity index is 1.88. The highest BCUT2D eigenvalue weighted by Gasteiger charge is 2.08. The van der Waals surface area contributed by atoms with Crippen LogP contribution in [0.3, 0.4) is 0 Å². The maximum atomic E-state index is 11.7. The van der Waals surface area contributed by atoms with Crippen molar-refractivity contribution in [2.24, 2.45) is 0 Å². The number of aromatic nitrogens is 1. The number of hydrogen-bond donors (Lipinski definition) is 1. The number of benzene rings is 1. The average molecular weight is 297 g/mol. The third-order valence-electron chi connectivity index (χ3n) is 2.44. The summed E-state index contributed by atoms with van der Waals surface area (Å²) in [5.41, 5.74) is 0.927. The molecule has 0 saturated carbocycles. The number of halogens is 1. The molecule has 0 aliphatic carbocycles. The average Bonchev–Trinajstić information content (AvgIpc) is 2.66. The molecule has 0 aliphatic rings. The summed E-state index contributed by atoms with van der Waals surface area (Å²) in [6.45, 7) is 3.80. The van der Waals surface area contributed by atoms with Crippen molar-refractivity contribution in [2.45, 2.75) is 13.8 Å². The molecule has 1 heterocycles. The number of hydrogen-bond acceptors (Lipinski definition) is 4. The number of carbonyl (C=O) groups excluding carboxylic acids is 1. The quantitative estimate of drug-likeness (QED) is 0.940. The number of anilines is 1. The van der Waals surface area contributed by atoms with Crippen LogP contribution in [0.15, 0.2) is 24.3 Å². The Labute approximate surface area is 120 Å². The van der Waals surface area contributed by atoms with E-state index in [1.807, 2.05) is 13.8 Å². The van der Waals surface area contributed by atoms with E-state index in [2.05, 4.69) is 10.3 Å². The lowest BCUT2D eigenvalue weighted by Gasteiger charge is -2.05. The summed E-state index contributed by atoms with van der Waals surface area (Å²) in [6.07, 6.45) is 0. The molecule has 0 fully saturated rings. The van der Waals surface area contributed by atoms with Crippen molar-refractivity contribution in [3.05, 3.63) is 39.9 Å². The fraction of sp³-hybridized carbons (Fsp3) is 0.231. The van der Waals surface area contributed by atoms with Crippen molar-refractivity contribution in [1.29, 1.82) is 0 Å². The topological polar surface area (TPSA) is 51.2 Å². The summed E-state index contributed by atoms with van der Waals surface area (Å²) < 4.78 is 5.34. The molecule has 1 aromatic carbocycles. The summed E-state index contributed by atoms with van der Waals surface area (Å²) >= 11 is 7.27. The van der Waals surface area contributed by atoms with E-state index >= 15 is 0 Å². The number of amides is 1. The molecule has 2 rings (SSSR count). The molecule has 0 bridgehead atoms. The van der Waals surface area contributed by atoms with Gasteiger partial charge in [0.05, 0.1) is 5.69 Å². The first-order valence-electron chi connectivity index (χ1n) is 5.67. The van der Waals surface area contributed by atoms with Gasteiger partial charge in [0, 0.05) is 9.90 Å². The van der Waals surface area contributed by atoms with Gasteiger partial charge in [-0.1, -0.05) is 17.7 Å². The van der Waals surface area contributed by atoms with Crippen molar-refractivity contribution in [2.75, 3.05) is 11.9 Å². The Morgan fingerprint density at radius 3 is 2.89 bits per heavy atom. The molecule has 19 heavy (non-hydrogen) atoms. The maximum Gasteiger partial charge on any atom is 0.264 e. The normalized spacial score (nSPS) is 10.3. The van der Waals surface area contributed by atoms with Gasteiger partial charge in [0.2, 0.25) is 0 Å². The number of carbonyl (C=O) groups is 1. The Kier molecular flexibility index (Phi) is 4.39. The Bertz CT molecular complexity index is 579. The second-order valence-corrected chi connectivity index (χ2v) is 5.59. The molecule has 1 aromatic heterocycles. The minimum Gasteiger partial charge on any atom is -0.484 e. The number of rotatable bonds is 4. The first-order chi connectivity index (χ1) is 9.04. The van der Waals surface area contributed by atoms with Crippen molar-refractivity contribution in [3.8, 4) is 5.75 Å². The summed E-state index contributed by atoms with van der Waals surface area (Å²) in [6, 6.07) is 6.92. The van der Waals surface area contributed by atoms with Crippen molar-refractivity contribution in [3.63, 3.8) is 0 Å². The van der Waals surface area contributed by atoms with Crippen LogP contribution in [0.25, 0.3) is 0 Å². The molecular weight excluding hydrogens is 284 g/mol. The van der Waals surface area contributed by atoms with Crippen LogP contribution in [0.5, 0.6) is 5.75 Å². The Morgan fingerprint density at radius 1 is 1.47 bits per heavy atom. The first-order valence-corrected chi connectivity index (χ1v) is 6.86. The van der Waals surface area contributed by atoms with Crippen LogP contribution in [0, 0.1) is 13.8 Å². The second kappa shape index (κ2) is 6.04. The van der Waals surface area contributed by atoms with E-state index in [4.69, 9.17) is 16.3 Å². The molecule has 1 amide bonds. The van der Waals surface area contributed by atoms with E-state index < -0.39 is 0 Å². The number of nitrogens with one attached hydrogen (secondary N) is 1. The van der Waals surface area contributed by atoms with Gasteiger partial charge in [0.25, 0.3) is 5.91 Å². The third-order valence-corrected chi connectivity index (χ3v) is 3.66. The molecule has 0 radical (unpaired) electrons. The fourth-order valence-electron chi connectivity index (χ4n) is 1.39. The van der Waals surface area contributed by atoms with Crippen LogP contribution in [0.1, 0.15) is 10.6 Å². The van der Waals surface area contributed by atoms with Gasteiger partial charge in [-0.15, -0.1) is 11.3 Å². The highest BCUT2D eigenvalue weighted by Crippen LogP contribution is 2.21. The van der Waals surface area contributed by atoms with Gasteiger partial charge in [0.1, 0.15) is 5.75 Å². The summed E-state index contributed by atoms with van der Waals surface area (Å²) in [4.78, 5) is 17.0. The fourth-order valence-corrected chi connectivity index (χ4v) is 2.40. The Morgan fingerprint density at radius 2 is 2.26 bits per heavy atom. The lowest BCUT2D eigenvalue weighted by molar-refractivity contribution is -0.118. The lowest BCUT2D eigenvalue weighted by atomic mass is 10.3. The zero-order valence-electron chi connectivity index (χ0n) is 10.6. The number of aryl methyl sites for hydroxylation is 2. The molecule has 0 saturated heterocycles. The van der Waals surface area contributed by atoms with E-state index in [0.717, 1.165) is 10.6 Å². The largest absolute Gasteiger partial charge is 0.484 e. The minimum atomic E-state index is -0.242. The van der Waals surface area contributed by atoms with Gasteiger partial charge in [-0.2, -0.15) is 0 Å². The molecular formula is C13H13ClN2O2S. The van der Waals surface area contributed by atoms with E-state index in [1.165, 1.54) is 11.3 Å². The SMILES string of the molecule is Cc1nc(NC(=O)COc2cccc(Cl)c2)sc1C. The van der Waals surface area contributed by atoms with Crippen LogP contribution in [0.4, 0.5) is 5.13 Å². The van der Waals surface area contributed by atoms with Crippen LogP contribution in [-0.2, 0) is 4.79 Å². The molecule has 2 aromatic rings. The standard InChI is InChI=1S/C13H13ClN2O2S/c1-8-9(2)19-13(15-8)16-12(17)7-18-11-5-3-4-10(14)6-11/h3-6H,7H2,1-2H3,(H,15,16,17). The van der Waals surface area contributed by atoms with E-state index in [9.17, 15) is 4.79 Å². The minimum absolute atomic E-state index is 0.0714. The van der Waals surface area contributed by atoms with Gasteiger partial charge in [-0.05, 0) is 32.0 Å². The number of nitrogens with zero attached hydrogens (tertiary/aromatic N) is 1. The molecule has 0 atom stereocenters. The number of ether oxygens (including phenoxy) is 1. The van der Waals surface area contributed by atoms with E-state index in [0.29, 0.717) is 15.9 Å². The van der Waals surface area contributed by atoms with Gasteiger partial charge >= 0.3 is 0 Å². The summed E-state index contributed by atoms with van der Waals surface area (Å²) in [5, 5.41) is 3.86. The van der Waals surface area contributed by atoms with Gasteiger partial charge < -0.3 is 4.74 Å². The smallest absolute Gasteiger partial charge is 0.264 e. The number of thiazole rings is 1. The molecule has 0 spiro atoms. The zero-order valence-corrected chi connectivity index (χ0v) is 12.1. The van der Waals surface area contributed by atoms with Crippen molar-refractivity contribution in [1.82, 2.24) is 4.98 Å². The zero-order chi connectivity index (χ0) is 13.8. The van der Waals surface area contributed by atoms with Crippen LogP contribution in [0.2, 0.25) is 5.02 Å². The summed E-state index contributed by atoms with van der Waals surface area (Å²) in [5.74, 6) is 0.322.